The third-order valence-electron chi connectivity index (χ3n) is 6.63. The second-order valence-corrected chi connectivity index (χ2v) is 12.1. The first-order valence-electron chi connectivity index (χ1n) is 12.0. The molecule has 0 unspecified atom stereocenters. The Kier molecular flexibility index (Phi) is 5.81. The monoisotopic (exact) mass is 588 g/mol. The highest BCUT2D eigenvalue weighted by Gasteiger charge is 2.35. The van der Waals surface area contributed by atoms with Crippen molar-refractivity contribution in [2.45, 2.75) is 32.7 Å². The Balaban J connectivity index is 1.45. The van der Waals surface area contributed by atoms with Gasteiger partial charge >= 0.3 is 0 Å². The van der Waals surface area contributed by atoms with Gasteiger partial charge < -0.3 is 4.90 Å². The zero-order chi connectivity index (χ0) is 26.8. The van der Waals surface area contributed by atoms with E-state index >= 15 is 0 Å². The molecule has 0 N–H and O–H groups in total. The maximum atomic E-state index is 13.7. The molecule has 3 aromatic carbocycles. The predicted molar refractivity (Wildman–Crippen MR) is 151 cm³/mol. The number of hydrogen-bond acceptors (Lipinski definition) is 5. The molecule has 0 fully saturated rings. The Morgan fingerprint density at radius 1 is 0.974 bits per heavy atom. The lowest BCUT2D eigenvalue weighted by Gasteiger charge is -2.18. The van der Waals surface area contributed by atoms with Crippen LogP contribution in [0.4, 0.5) is 10.1 Å². The lowest BCUT2D eigenvalue weighted by Crippen LogP contribution is -2.32. The van der Waals surface area contributed by atoms with Crippen LogP contribution in [-0.4, -0.2) is 20.5 Å². The Morgan fingerprint density at radius 3 is 2.34 bits per heavy atom. The molecule has 3 heterocycles. The van der Waals surface area contributed by atoms with Gasteiger partial charge in [-0.3, -0.25) is 9.59 Å². The van der Waals surface area contributed by atoms with Crippen LogP contribution in [0.2, 0.25) is 0 Å². The predicted octanol–water partition coefficient (Wildman–Crippen LogP) is 5.48. The number of carbonyl (C=O) groups is 1. The summed E-state index contributed by atoms with van der Waals surface area (Å²) in [7, 11) is 0. The standard InChI is InChI=1S/C29H22BrFN4O2S/c1-29(2,3)18-8-6-17(7-9-18)25-32-28-35(33-25)27(37)24(38-28)23-21-14-19(30)10-13-22(21)34(26(23)36)15-16-4-11-20(31)12-5-16/h4-14H,15H2,1-3H3. The molecule has 9 heteroatoms. The van der Waals surface area contributed by atoms with Crippen molar-refractivity contribution in [3.63, 3.8) is 0 Å². The molecule has 2 aromatic heterocycles. The van der Waals surface area contributed by atoms with Gasteiger partial charge in [0.2, 0.25) is 4.96 Å². The van der Waals surface area contributed by atoms with Crippen LogP contribution in [0.3, 0.4) is 0 Å². The van der Waals surface area contributed by atoms with Crippen LogP contribution >= 0.6 is 27.3 Å². The summed E-state index contributed by atoms with van der Waals surface area (Å²) in [5, 5.41) is 4.48. The minimum atomic E-state index is -0.382. The third-order valence-corrected chi connectivity index (χ3v) is 8.15. The number of benzene rings is 3. The lowest BCUT2D eigenvalue weighted by atomic mass is 9.87. The molecule has 38 heavy (non-hydrogen) atoms. The number of amides is 1. The van der Waals surface area contributed by atoms with E-state index in [0.29, 0.717) is 32.1 Å². The average Bonchev–Trinajstić information content (AvgIpc) is 3.51. The fourth-order valence-electron chi connectivity index (χ4n) is 4.58. The van der Waals surface area contributed by atoms with E-state index < -0.39 is 0 Å². The molecule has 190 valence electrons. The summed E-state index contributed by atoms with van der Waals surface area (Å²) >= 11 is 4.64. The molecular weight excluding hydrogens is 567 g/mol. The lowest BCUT2D eigenvalue weighted by molar-refractivity contribution is -0.113. The van der Waals surface area contributed by atoms with Crippen molar-refractivity contribution < 1.29 is 9.18 Å². The quantitative estimate of drug-likeness (QED) is 0.280. The number of nitrogens with zero attached hydrogens (tertiary/aromatic N) is 4. The summed E-state index contributed by atoms with van der Waals surface area (Å²) in [4.78, 5) is 33.9. The van der Waals surface area contributed by atoms with Crippen molar-refractivity contribution >= 4 is 49.4 Å². The number of rotatable bonds is 3. The number of carbonyl (C=O) groups excluding carboxylic acids is 1. The molecule has 1 amide bonds. The van der Waals surface area contributed by atoms with Gasteiger partial charge in [0.25, 0.3) is 11.5 Å². The van der Waals surface area contributed by atoms with Gasteiger partial charge in [-0.15, -0.1) is 5.10 Å². The average molecular weight is 589 g/mol. The first kappa shape index (κ1) is 24.6. The molecule has 0 radical (unpaired) electrons. The Bertz CT molecular complexity index is 1840. The smallest absolute Gasteiger partial charge is 0.291 e. The van der Waals surface area contributed by atoms with Crippen LogP contribution in [-0.2, 0) is 16.8 Å². The van der Waals surface area contributed by atoms with Crippen LogP contribution in [0.5, 0.6) is 0 Å². The molecular formula is C29H22BrFN4O2S. The zero-order valence-electron chi connectivity index (χ0n) is 20.8. The van der Waals surface area contributed by atoms with Crippen LogP contribution in [0.25, 0.3) is 21.9 Å². The molecule has 6 rings (SSSR count). The number of hydrogen-bond donors (Lipinski definition) is 0. The highest BCUT2D eigenvalue weighted by atomic mass is 79.9. The first-order chi connectivity index (χ1) is 18.1. The topological polar surface area (TPSA) is 67.6 Å². The molecule has 5 aromatic rings. The summed E-state index contributed by atoms with van der Waals surface area (Å²) in [6.45, 7) is 6.70. The van der Waals surface area contributed by atoms with Crippen LogP contribution in [0.1, 0.15) is 37.5 Å². The van der Waals surface area contributed by atoms with Gasteiger partial charge in [-0.2, -0.15) is 9.50 Å². The summed E-state index contributed by atoms with van der Waals surface area (Å²) in [5.41, 5.74) is 4.11. The Labute approximate surface area is 230 Å². The first-order valence-corrected chi connectivity index (χ1v) is 13.6. The fourth-order valence-corrected chi connectivity index (χ4v) is 5.94. The molecule has 1 aliphatic heterocycles. The second kappa shape index (κ2) is 8.96. The Hall–Kier alpha value is -3.69. The van der Waals surface area contributed by atoms with Gasteiger partial charge in [-0.05, 0) is 46.9 Å². The highest BCUT2D eigenvalue weighted by molar-refractivity contribution is 9.10. The van der Waals surface area contributed by atoms with E-state index in [4.69, 9.17) is 0 Å². The van der Waals surface area contributed by atoms with Gasteiger partial charge in [0.15, 0.2) is 5.82 Å². The van der Waals surface area contributed by atoms with Crippen molar-refractivity contribution in [2.24, 2.45) is 0 Å². The van der Waals surface area contributed by atoms with E-state index in [2.05, 4.69) is 46.8 Å². The van der Waals surface area contributed by atoms with Gasteiger partial charge in [0.1, 0.15) is 10.3 Å². The molecule has 0 saturated carbocycles. The van der Waals surface area contributed by atoms with E-state index in [0.717, 1.165) is 26.9 Å². The van der Waals surface area contributed by atoms with E-state index in [1.54, 1.807) is 17.0 Å². The molecule has 0 spiro atoms. The summed E-state index contributed by atoms with van der Waals surface area (Å²) < 4.78 is 15.8. The highest BCUT2D eigenvalue weighted by Crippen LogP contribution is 2.38. The van der Waals surface area contributed by atoms with E-state index in [1.165, 1.54) is 22.2 Å². The van der Waals surface area contributed by atoms with Crippen LogP contribution in [0.15, 0.2) is 76.0 Å². The SMILES string of the molecule is CC(C)(C)c1ccc(-c2nc3sc(=C4C(=O)N(Cc5ccc(F)cc5)c5ccc(Br)cc54)c(=O)n3n2)cc1. The fraction of sp³-hybridized carbons (Fsp3) is 0.172. The molecule has 0 atom stereocenters. The molecule has 0 bridgehead atoms. The zero-order valence-corrected chi connectivity index (χ0v) is 23.2. The minimum Gasteiger partial charge on any atom is -0.303 e. The molecule has 0 saturated heterocycles. The van der Waals surface area contributed by atoms with Crippen LogP contribution < -0.4 is 15.0 Å². The van der Waals surface area contributed by atoms with Gasteiger partial charge in [0.05, 0.1) is 17.8 Å². The van der Waals surface area contributed by atoms with Crippen molar-refractivity contribution in [1.29, 1.82) is 0 Å². The maximum absolute atomic E-state index is 13.7. The molecule has 0 aliphatic carbocycles. The van der Waals surface area contributed by atoms with Gasteiger partial charge in [-0.1, -0.05) is 84.4 Å². The number of aromatic nitrogens is 3. The van der Waals surface area contributed by atoms with Gasteiger partial charge in [-0.25, -0.2) is 4.39 Å². The Morgan fingerprint density at radius 2 is 1.68 bits per heavy atom. The van der Waals surface area contributed by atoms with Crippen molar-refractivity contribution in [1.82, 2.24) is 14.6 Å². The summed E-state index contributed by atoms with van der Waals surface area (Å²) in [5.74, 6) is -0.167. The number of thiazole rings is 1. The molecule has 6 nitrogen and oxygen atoms in total. The second-order valence-electron chi connectivity index (χ2n) is 10.2. The normalized spacial score (nSPS) is 15.0. The third kappa shape index (κ3) is 4.16. The van der Waals surface area contributed by atoms with E-state index in [1.807, 2.05) is 42.5 Å². The number of fused-ring (bicyclic) bond motifs is 2. The van der Waals surface area contributed by atoms with Crippen LogP contribution in [0, 0.1) is 5.82 Å². The van der Waals surface area contributed by atoms with Gasteiger partial charge in [0, 0.05) is 15.6 Å². The largest absolute Gasteiger partial charge is 0.303 e. The van der Waals surface area contributed by atoms with E-state index in [9.17, 15) is 14.0 Å². The summed E-state index contributed by atoms with van der Waals surface area (Å²) in [6, 6.07) is 19.6. The maximum Gasteiger partial charge on any atom is 0.291 e. The minimum absolute atomic E-state index is 0.0263. The van der Waals surface area contributed by atoms with Crippen molar-refractivity contribution in [2.75, 3.05) is 4.90 Å². The number of halogens is 2. The number of anilines is 1. The summed E-state index contributed by atoms with van der Waals surface area (Å²) in [6.07, 6.45) is 0. The van der Waals surface area contributed by atoms with Crippen molar-refractivity contribution in [3.8, 4) is 11.4 Å². The van der Waals surface area contributed by atoms with E-state index in [-0.39, 0.29) is 29.2 Å². The molecule has 1 aliphatic rings. The van der Waals surface area contributed by atoms with Crippen molar-refractivity contribution in [3.05, 3.63) is 109 Å².